The Kier molecular flexibility index (Phi) is 3.78. The van der Waals surface area contributed by atoms with Gasteiger partial charge < -0.3 is 5.73 Å². The molecule has 0 heterocycles. The molecule has 0 saturated heterocycles. The monoisotopic (exact) mass is 214 g/mol. The molecular formula is C11H14ClFN+. The number of hydrogen-bond donors (Lipinski definition) is 1. The van der Waals surface area contributed by atoms with Crippen molar-refractivity contribution in [3.05, 3.63) is 41.1 Å². The van der Waals surface area contributed by atoms with Gasteiger partial charge in [-0.1, -0.05) is 25.1 Å². The van der Waals surface area contributed by atoms with Crippen molar-refractivity contribution in [3.63, 3.8) is 0 Å². The molecule has 3 heteroatoms. The predicted molar refractivity (Wildman–Crippen MR) is 58.3 cm³/mol. The number of rotatable bonds is 3. The average Bonchev–Trinajstić information content (AvgIpc) is 2.10. The van der Waals surface area contributed by atoms with E-state index in [4.69, 9.17) is 17.3 Å². The molecule has 0 aromatic heterocycles. The smallest absolute Gasteiger partial charge is 0.232 e. The van der Waals surface area contributed by atoms with E-state index in [0.717, 1.165) is 12.0 Å². The van der Waals surface area contributed by atoms with Gasteiger partial charge in [0.15, 0.2) is 5.03 Å². The molecule has 1 aliphatic carbocycles. The van der Waals surface area contributed by atoms with Crippen molar-refractivity contribution in [3.8, 4) is 0 Å². The van der Waals surface area contributed by atoms with Gasteiger partial charge in [-0.3, -0.25) is 0 Å². The maximum atomic E-state index is 12.9. The highest BCUT2D eigenvalue weighted by Crippen LogP contribution is 2.33. The Hall–Kier alpha value is -0.730. The highest BCUT2D eigenvalue weighted by Gasteiger charge is 2.25. The van der Waals surface area contributed by atoms with Gasteiger partial charge in [0.2, 0.25) is 5.83 Å². The summed E-state index contributed by atoms with van der Waals surface area (Å²) in [4.78, 5) is 0. The Morgan fingerprint density at radius 3 is 2.86 bits per heavy atom. The van der Waals surface area contributed by atoms with Crippen LogP contribution in [0.5, 0.6) is 0 Å². The number of halogens is 2. The molecule has 0 saturated carbocycles. The molecular weight excluding hydrogens is 201 g/mol. The van der Waals surface area contributed by atoms with Gasteiger partial charge in [-0.2, -0.15) is 4.39 Å². The summed E-state index contributed by atoms with van der Waals surface area (Å²) in [6.07, 6.45) is 3.45. The lowest BCUT2D eigenvalue weighted by Crippen LogP contribution is -2.13. The standard InChI is InChI=1S/C11H14ClFN/c1-7(6-14)3-10-8(2)4-9(13)5-11(10)12/h4-5,7H,2-3,6,14H2,1H3/q+1/t7-/m1/s1. The van der Waals surface area contributed by atoms with E-state index < -0.39 is 0 Å². The molecule has 0 bridgehead atoms. The summed E-state index contributed by atoms with van der Waals surface area (Å²) in [6, 6.07) is 0. The van der Waals surface area contributed by atoms with E-state index in [1.165, 1.54) is 12.5 Å². The molecule has 1 atom stereocenters. The molecule has 0 aliphatic heterocycles. The zero-order chi connectivity index (χ0) is 10.7. The average molecular weight is 215 g/mol. The third-order valence-electron chi connectivity index (χ3n) is 2.21. The zero-order valence-electron chi connectivity index (χ0n) is 8.19. The Labute approximate surface area is 89.1 Å². The molecule has 0 unspecified atom stereocenters. The summed E-state index contributed by atoms with van der Waals surface area (Å²) in [7, 11) is 0. The second-order valence-corrected chi connectivity index (χ2v) is 3.98. The number of allylic oxidation sites excluding steroid dienone is 5. The fourth-order valence-electron chi connectivity index (χ4n) is 1.32. The summed E-state index contributed by atoms with van der Waals surface area (Å²) < 4.78 is 12.9. The Morgan fingerprint density at radius 2 is 2.36 bits per heavy atom. The molecule has 76 valence electrons. The third kappa shape index (κ3) is 2.63. The van der Waals surface area contributed by atoms with E-state index in [9.17, 15) is 4.39 Å². The summed E-state index contributed by atoms with van der Waals surface area (Å²) >= 11 is 5.92. The molecule has 1 aliphatic rings. The van der Waals surface area contributed by atoms with Crippen LogP contribution >= 0.6 is 11.6 Å². The van der Waals surface area contributed by atoms with Gasteiger partial charge >= 0.3 is 0 Å². The quantitative estimate of drug-likeness (QED) is 0.718. The maximum absolute atomic E-state index is 12.9. The van der Waals surface area contributed by atoms with Gasteiger partial charge in [-0.25, -0.2) is 0 Å². The first kappa shape index (κ1) is 11.3. The van der Waals surface area contributed by atoms with E-state index >= 15 is 0 Å². The third-order valence-corrected chi connectivity index (χ3v) is 2.54. The molecule has 0 spiro atoms. The SMILES string of the molecule is C=C1C=C(F)[CH+]C(Cl)=C1C[C@@H](C)CN. The van der Waals surface area contributed by atoms with E-state index in [2.05, 4.69) is 6.58 Å². The highest BCUT2D eigenvalue weighted by molar-refractivity contribution is 6.32. The van der Waals surface area contributed by atoms with Crippen LogP contribution in [0.3, 0.4) is 0 Å². The molecule has 1 rings (SSSR count). The lowest BCUT2D eigenvalue weighted by molar-refractivity contribution is 0.588. The van der Waals surface area contributed by atoms with Gasteiger partial charge in [0.25, 0.3) is 0 Å². The van der Waals surface area contributed by atoms with Crippen molar-refractivity contribution >= 4 is 11.6 Å². The first-order chi connectivity index (χ1) is 6.54. The van der Waals surface area contributed by atoms with Gasteiger partial charge in [0.1, 0.15) is 0 Å². The fourth-order valence-corrected chi connectivity index (χ4v) is 1.62. The first-order valence-electron chi connectivity index (χ1n) is 4.54. The van der Waals surface area contributed by atoms with Crippen LogP contribution in [0.15, 0.2) is 34.7 Å². The molecule has 2 N–H and O–H groups in total. The zero-order valence-corrected chi connectivity index (χ0v) is 8.94. The maximum Gasteiger partial charge on any atom is 0.232 e. The number of nitrogens with two attached hydrogens (primary N) is 1. The summed E-state index contributed by atoms with van der Waals surface area (Å²) in [5.41, 5.74) is 7.06. The Morgan fingerprint density at radius 1 is 1.71 bits per heavy atom. The minimum absolute atomic E-state index is 0.332. The van der Waals surface area contributed by atoms with Crippen LogP contribution in [0, 0.1) is 12.3 Å². The van der Waals surface area contributed by atoms with Crippen LogP contribution in [0.2, 0.25) is 0 Å². The minimum Gasteiger partial charge on any atom is -0.330 e. The van der Waals surface area contributed by atoms with E-state index in [1.54, 1.807) is 0 Å². The van der Waals surface area contributed by atoms with E-state index in [0.29, 0.717) is 23.1 Å². The molecule has 0 radical (unpaired) electrons. The van der Waals surface area contributed by atoms with Crippen molar-refractivity contribution in [2.45, 2.75) is 13.3 Å². The van der Waals surface area contributed by atoms with Gasteiger partial charge in [0.05, 0.1) is 23.6 Å². The van der Waals surface area contributed by atoms with Crippen LogP contribution < -0.4 is 5.73 Å². The van der Waals surface area contributed by atoms with Crippen LogP contribution in [0.25, 0.3) is 0 Å². The van der Waals surface area contributed by atoms with E-state index in [1.807, 2.05) is 6.92 Å². The molecule has 0 aromatic rings. The van der Waals surface area contributed by atoms with Gasteiger partial charge in [-0.15, -0.1) is 0 Å². The van der Waals surface area contributed by atoms with Crippen LogP contribution in [0.4, 0.5) is 4.39 Å². The first-order valence-corrected chi connectivity index (χ1v) is 4.92. The predicted octanol–water partition coefficient (Wildman–Crippen LogP) is 3.09. The summed E-state index contributed by atoms with van der Waals surface area (Å²) in [5, 5.41) is 0.440. The second kappa shape index (κ2) is 4.67. The Bertz CT molecular complexity index is 304. The lowest BCUT2D eigenvalue weighted by atomic mass is 9.92. The topological polar surface area (TPSA) is 26.0 Å². The highest BCUT2D eigenvalue weighted by atomic mass is 35.5. The van der Waals surface area contributed by atoms with E-state index in [-0.39, 0.29) is 5.83 Å². The molecule has 0 fully saturated rings. The molecule has 1 nitrogen and oxygen atoms in total. The number of hydrogen-bond acceptors (Lipinski definition) is 1. The van der Waals surface area contributed by atoms with Crippen molar-refractivity contribution in [2.24, 2.45) is 11.7 Å². The van der Waals surface area contributed by atoms with Crippen LogP contribution in [0.1, 0.15) is 13.3 Å². The van der Waals surface area contributed by atoms with Gasteiger partial charge in [0, 0.05) is 6.42 Å². The van der Waals surface area contributed by atoms with Crippen molar-refractivity contribution in [1.82, 2.24) is 0 Å². The normalized spacial score (nSPS) is 19.1. The van der Waals surface area contributed by atoms with Crippen LogP contribution in [-0.2, 0) is 0 Å². The minimum atomic E-state index is -0.343. The second-order valence-electron chi connectivity index (χ2n) is 3.57. The lowest BCUT2D eigenvalue weighted by Gasteiger charge is -2.11. The van der Waals surface area contributed by atoms with Crippen molar-refractivity contribution in [1.29, 1.82) is 0 Å². The van der Waals surface area contributed by atoms with Crippen molar-refractivity contribution < 1.29 is 4.39 Å². The van der Waals surface area contributed by atoms with Crippen molar-refractivity contribution in [2.75, 3.05) is 6.54 Å². The van der Waals surface area contributed by atoms with Crippen LogP contribution in [-0.4, -0.2) is 6.54 Å². The summed E-state index contributed by atoms with van der Waals surface area (Å²) in [5.74, 6) is -0.0115. The van der Waals surface area contributed by atoms with Gasteiger partial charge in [-0.05, 0) is 12.5 Å². The molecule has 0 amide bonds. The molecule has 14 heavy (non-hydrogen) atoms. The largest absolute Gasteiger partial charge is 0.330 e. The fraction of sp³-hybridized carbons (Fsp3) is 0.364. The Balaban J connectivity index is 2.77. The molecule has 0 aromatic carbocycles. The summed E-state index contributed by atoms with van der Waals surface area (Å²) in [6.45, 7) is 6.38.